The van der Waals surface area contributed by atoms with E-state index in [1.165, 1.54) is 12.1 Å². The SMILES string of the molecule is Nc1ncnc(Oc2cc(F)cc(Br)c2)c1[N+](=O)[O-]. The molecule has 98 valence electrons. The van der Waals surface area contributed by atoms with Gasteiger partial charge in [-0.25, -0.2) is 9.37 Å². The first-order valence-corrected chi connectivity index (χ1v) is 5.65. The molecule has 19 heavy (non-hydrogen) atoms. The van der Waals surface area contributed by atoms with Gasteiger partial charge in [0.1, 0.15) is 17.9 Å². The smallest absolute Gasteiger partial charge is 0.372 e. The van der Waals surface area contributed by atoms with Crippen LogP contribution in [0.2, 0.25) is 0 Å². The van der Waals surface area contributed by atoms with Gasteiger partial charge in [-0.15, -0.1) is 0 Å². The fourth-order valence-corrected chi connectivity index (χ4v) is 1.77. The first-order valence-electron chi connectivity index (χ1n) is 4.86. The van der Waals surface area contributed by atoms with E-state index in [0.29, 0.717) is 4.47 Å². The number of rotatable bonds is 3. The maximum Gasteiger partial charge on any atom is 0.372 e. The molecule has 7 nitrogen and oxygen atoms in total. The third-order valence-corrected chi connectivity index (χ3v) is 2.51. The second-order valence-electron chi connectivity index (χ2n) is 3.38. The molecule has 0 atom stereocenters. The molecule has 0 aliphatic carbocycles. The van der Waals surface area contributed by atoms with Gasteiger partial charge in [-0.3, -0.25) is 10.1 Å². The molecule has 0 aliphatic rings. The van der Waals surface area contributed by atoms with Gasteiger partial charge in [-0.2, -0.15) is 4.98 Å². The summed E-state index contributed by atoms with van der Waals surface area (Å²) in [6.45, 7) is 0. The van der Waals surface area contributed by atoms with Crippen molar-refractivity contribution in [1.29, 1.82) is 0 Å². The zero-order chi connectivity index (χ0) is 14.0. The Morgan fingerprint density at radius 2 is 2.11 bits per heavy atom. The molecule has 0 saturated carbocycles. The second-order valence-corrected chi connectivity index (χ2v) is 4.29. The highest BCUT2D eigenvalue weighted by Crippen LogP contribution is 2.33. The summed E-state index contributed by atoms with van der Waals surface area (Å²) in [5.74, 6) is -1.19. The van der Waals surface area contributed by atoms with Crippen molar-refractivity contribution in [2.24, 2.45) is 0 Å². The maximum absolute atomic E-state index is 13.2. The number of halogens is 2. The Kier molecular flexibility index (Phi) is 3.56. The molecule has 2 rings (SSSR count). The molecule has 2 aromatic rings. The predicted octanol–water partition coefficient (Wildman–Crippen LogP) is 2.66. The van der Waals surface area contributed by atoms with E-state index < -0.39 is 16.4 Å². The molecular formula is C10H6BrFN4O3. The molecule has 1 aromatic heterocycles. The molecule has 0 saturated heterocycles. The number of benzene rings is 1. The molecule has 0 radical (unpaired) electrons. The van der Waals surface area contributed by atoms with E-state index in [0.717, 1.165) is 12.4 Å². The van der Waals surface area contributed by atoms with Crippen molar-refractivity contribution in [2.75, 3.05) is 5.73 Å². The highest BCUT2D eigenvalue weighted by atomic mass is 79.9. The summed E-state index contributed by atoms with van der Waals surface area (Å²) in [6, 6.07) is 3.72. The van der Waals surface area contributed by atoms with E-state index >= 15 is 0 Å². The lowest BCUT2D eigenvalue weighted by atomic mass is 10.3. The van der Waals surface area contributed by atoms with Crippen LogP contribution < -0.4 is 10.5 Å². The number of aromatic nitrogens is 2. The largest absolute Gasteiger partial charge is 0.433 e. The number of ether oxygens (including phenoxy) is 1. The number of nitrogens with zero attached hydrogens (tertiary/aromatic N) is 3. The van der Waals surface area contributed by atoms with Crippen LogP contribution in [0, 0.1) is 15.9 Å². The van der Waals surface area contributed by atoms with Gasteiger partial charge in [0.15, 0.2) is 0 Å². The van der Waals surface area contributed by atoms with E-state index in [2.05, 4.69) is 25.9 Å². The molecule has 0 bridgehead atoms. The number of anilines is 1. The van der Waals surface area contributed by atoms with Crippen LogP contribution in [0.15, 0.2) is 29.0 Å². The monoisotopic (exact) mass is 328 g/mol. The van der Waals surface area contributed by atoms with Gasteiger partial charge in [-0.05, 0) is 12.1 Å². The second kappa shape index (κ2) is 5.14. The van der Waals surface area contributed by atoms with Crippen molar-refractivity contribution in [3.05, 3.63) is 44.9 Å². The number of nitro groups is 1. The summed E-state index contributed by atoms with van der Waals surface area (Å²) in [6.07, 6.45) is 1.02. The predicted molar refractivity (Wildman–Crippen MR) is 67.3 cm³/mol. The highest BCUT2D eigenvalue weighted by molar-refractivity contribution is 9.10. The molecular weight excluding hydrogens is 323 g/mol. The van der Waals surface area contributed by atoms with Crippen LogP contribution in [0.4, 0.5) is 15.9 Å². The lowest BCUT2D eigenvalue weighted by Crippen LogP contribution is -2.02. The third kappa shape index (κ3) is 2.94. The van der Waals surface area contributed by atoms with Crippen LogP contribution in [-0.2, 0) is 0 Å². The van der Waals surface area contributed by atoms with Gasteiger partial charge in [0.2, 0.25) is 5.82 Å². The summed E-state index contributed by atoms with van der Waals surface area (Å²) in [4.78, 5) is 17.2. The molecule has 2 N–H and O–H groups in total. The van der Waals surface area contributed by atoms with Crippen molar-refractivity contribution in [2.45, 2.75) is 0 Å². The minimum atomic E-state index is -0.765. The average molecular weight is 329 g/mol. The van der Waals surface area contributed by atoms with Gasteiger partial charge in [-0.1, -0.05) is 15.9 Å². The lowest BCUT2D eigenvalue weighted by Gasteiger charge is -2.06. The molecule has 0 spiro atoms. The van der Waals surface area contributed by atoms with E-state index in [9.17, 15) is 14.5 Å². The summed E-state index contributed by atoms with van der Waals surface area (Å²) >= 11 is 3.08. The van der Waals surface area contributed by atoms with Gasteiger partial charge in [0, 0.05) is 10.5 Å². The number of hydrogen-bond donors (Lipinski definition) is 1. The Bertz CT molecular complexity index is 632. The van der Waals surface area contributed by atoms with Crippen LogP contribution in [0.3, 0.4) is 0 Å². The van der Waals surface area contributed by atoms with Crippen molar-refractivity contribution in [3.8, 4) is 11.6 Å². The van der Waals surface area contributed by atoms with Crippen molar-refractivity contribution < 1.29 is 14.1 Å². The zero-order valence-corrected chi connectivity index (χ0v) is 10.8. The zero-order valence-electron chi connectivity index (χ0n) is 9.21. The Morgan fingerprint density at radius 3 is 2.74 bits per heavy atom. The van der Waals surface area contributed by atoms with Crippen molar-refractivity contribution >= 4 is 27.4 Å². The number of nitrogens with two attached hydrogens (primary N) is 1. The van der Waals surface area contributed by atoms with Crippen molar-refractivity contribution in [3.63, 3.8) is 0 Å². The fourth-order valence-electron chi connectivity index (χ4n) is 1.32. The van der Waals surface area contributed by atoms with Gasteiger partial charge < -0.3 is 10.5 Å². The van der Waals surface area contributed by atoms with Crippen LogP contribution in [0.25, 0.3) is 0 Å². The van der Waals surface area contributed by atoms with Gasteiger partial charge in [0.25, 0.3) is 0 Å². The van der Waals surface area contributed by atoms with Crippen LogP contribution in [-0.4, -0.2) is 14.9 Å². The van der Waals surface area contributed by atoms with Crippen LogP contribution in [0.5, 0.6) is 11.6 Å². The molecule has 9 heteroatoms. The molecule has 1 heterocycles. The van der Waals surface area contributed by atoms with Gasteiger partial charge in [0.05, 0.1) is 4.92 Å². The molecule has 1 aromatic carbocycles. The first-order chi connectivity index (χ1) is 8.97. The van der Waals surface area contributed by atoms with Gasteiger partial charge >= 0.3 is 11.6 Å². The lowest BCUT2D eigenvalue weighted by molar-refractivity contribution is -0.385. The normalized spacial score (nSPS) is 10.2. The summed E-state index contributed by atoms with van der Waals surface area (Å²) in [7, 11) is 0. The first kappa shape index (κ1) is 13.1. The minimum absolute atomic E-state index is 0.0491. The standard InChI is InChI=1S/C10H6BrFN4O3/c11-5-1-6(12)3-7(2-5)19-10-8(16(17)18)9(13)14-4-15-10/h1-4H,(H2,13,14,15). The summed E-state index contributed by atoms with van der Waals surface area (Å²) in [5.41, 5.74) is 4.81. The average Bonchev–Trinajstić information content (AvgIpc) is 2.26. The maximum atomic E-state index is 13.2. The summed E-state index contributed by atoms with van der Waals surface area (Å²) < 4.78 is 18.8. The fraction of sp³-hybridized carbons (Fsp3) is 0. The van der Waals surface area contributed by atoms with Crippen LogP contribution in [0.1, 0.15) is 0 Å². The molecule has 0 amide bonds. The Balaban J connectivity index is 2.43. The van der Waals surface area contributed by atoms with E-state index in [1.807, 2.05) is 0 Å². The van der Waals surface area contributed by atoms with Crippen molar-refractivity contribution in [1.82, 2.24) is 9.97 Å². The number of hydrogen-bond acceptors (Lipinski definition) is 6. The Morgan fingerprint density at radius 1 is 1.37 bits per heavy atom. The van der Waals surface area contributed by atoms with Crippen LogP contribution >= 0.6 is 15.9 Å². The number of nitrogen functional groups attached to an aromatic ring is 1. The van der Waals surface area contributed by atoms with E-state index in [4.69, 9.17) is 10.5 Å². The summed E-state index contributed by atoms with van der Waals surface area (Å²) in [5, 5.41) is 10.8. The molecule has 0 fully saturated rings. The molecule has 0 aliphatic heterocycles. The topological polar surface area (TPSA) is 104 Å². The quantitative estimate of drug-likeness (QED) is 0.686. The van der Waals surface area contributed by atoms with E-state index in [-0.39, 0.29) is 17.4 Å². The minimum Gasteiger partial charge on any atom is -0.433 e. The molecule has 0 unspecified atom stereocenters. The third-order valence-electron chi connectivity index (χ3n) is 2.05. The van der Waals surface area contributed by atoms with E-state index in [1.54, 1.807) is 0 Å². The highest BCUT2D eigenvalue weighted by Gasteiger charge is 2.23. The Hall–Kier alpha value is -2.29. The Labute approximate surface area is 114 Å².